The summed E-state index contributed by atoms with van der Waals surface area (Å²) >= 11 is 0. The second kappa shape index (κ2) is 10.3. The Labute approximate surface area is 219 Å². The third-order valence-electron chi connectivity index (χ3n) is 6.56. The first-order valence-corrected chi connectivity index (χ1v) is 12.2. The number of guanidine groups is 1. The van der Waals surface area contributed by atoms with Crippen LogP contribution in [-0.4, -0.2) is 71.0 Å². The zero-order chi connectivity index (χ0) is 26.8. The summed E-state index contributed by atoms with van der Waals surface area (Å²) < 4.78 is 0. The summed E-state index contributed by atoms with van der Waals surface area (Å²) in [6.07, 6.45) is 3.56. The van der Waals surface area contributed by atoms with E-state index < -0.39 is 6.03 Å². The number of benzene rings is 3. The Balaban J connectivity index is 1.64. The van der Waals surface area contributed by atoms with Gasteiger partial charge in [0.25, 0.3) is 0 Å². The third-order valence-corrected chi connectivity index (χ3v) is 6.56. The lowest BCUT2D eigenvalue weighted by atomic mass is 9.94. The van der Waals surface area contributed by atoms with Gasteiger partial charge in [-0.1, -0.05) is 42.5 Å². The summed E-state index contributed by atoms with van der Waals surface area (Å²) in [6, 6.07) is 15.5. The fourth-order valence-corrected chi connectivity index (χ4v) is 4.79. The molecule has 0 spiro atoms. The predicted molar refractivity (Wildman–Crippen MR) is 147 cm³/mol. The molecule has 0 radical (unpaired) electrons. The second-order valence-corrected chi connectivity index (χ2v) is 8.94. The predicted octanol–water partition coefficient (Wildman–Crippen LogP) is 2.18. The molecule has 4 N–H and O–H groups in total. The first kappa shape index (κ1) is 24.9. The van der Waals surface area contributed by atoms with E-state index in [1.807, 2.05) is 48.5 Å². The van der Waals surface area contributed by atoms with E-state index >= 15 is 0 Å². The van der Waals surface area contributed by atoms with E-state index in [0.717, 1.165) is 32.7 Å². The molecule has 1 saturated heterocycles. The van der Waals surface area contributed by atoms with Gasteiger partial charge >= 0.3 is 6.03 Å². The lowest BCUT2D eigenvalue weighted by Crippen LogP contribution is -2.43. The Morgan fingerprint density at radius 2 is 1.84 bits per heavy atom. The molecule has 1 fully saturated rings. The smallest absolute Gasteiger partial charge is 0.337 e. The van der Waals surface area contributed by atoms with Crippen LogP contribution in [0.5, 0.6) is 0 Å². The molecular weight excluding hydrogens is 484 g/mol. The molecule has 2 heterocycles. The number of nitrogens with two attached hydrogens (primary N) is 1. The van der Waals surface area contributed by atoms with Crippen molar-refractivity contribution in [1.29, 1.82) is 0 Å². The molecule has 11 heteroatoms. The van der Waals surface area contributed by atoms with Crippen LogP contribution >= 0.6 is 0 Å². The van der Waals surface area contributed by atoms with Crippen molar-refractivity contribution in [3.63, 3.8) is 0 Å². The molecule has 3 aromatic rings. The minimum Gasteiger partial charge on any atom is -0.370 e. The quantitative estimate of drug-likeness (QED) is 0.163. The zero-order valence-electron chi connectivity index (χ0n) is 21.1. The number of hydrazine groups is 1. The molecule has 0 bridgehead atoms. The third kappa shape index (κ3) is 4.55. The minimum atomic E-state index is -0.390. The first-order valence-electron chi connectivity index (χ1n) is 12.2. The summed E-state index contributed by atoms with van der Waals surface area (Å²) in [4.78, 5) is 44.2. The van der Waals surface area contributed by atoms with Crippen LogP contribution in [0.25, 0.3) is 27.6 Å². The van der Waals surface area contributed by atoms with Crippen molar-refractivity contribution in [3.05, 3.63) is 65.5 Å². The molecule has 0 aliphatic carbocycles. The highest BCUT2D eigenvalue weighted by Gasteiger charge is 2.28. The van der Waals surface area contributed by atoms with Crippen LogP contribution in [0.2, 0.25) is 0 Å². The molecule has 4 amide bonds. The number of nitrogens with zero attached hydrogens (tertiary/aromatic N) is 5. The van der Waals surface area contributed by atoms with Gasteiger partial charge in [-0.3, -0.25) is 24.8 Å². The molecule has 2 aliphatic heterocycles. The van der Waals surface area contributed by atoms with Crippen molar-refractivity contribution in [2.75, 3.05) is 26.2 Å². The highest BCUT2D eigenvalue weighted by molar-refractivity contribution is 6.15. The summed E-state index contributed by atoms with van der Waals surface area (Å²) in [5, 5.41) is 12.7. The van der Waals surface area contributed by atoms with Gasteiger partial charge in [0.05, 0.1) is 12.8 Å². The van der Waals surface area contributed by atoms with Crippen LogP contribution in [0.1, 0.15) is 25.0 Å². The van der Waals surface area contributed by atoms with E-state index in [1.165, 1.54) is 23.8 Å². The average molecular weight is 513 g/mol. The number of carbonyl (C=O) groups excluding carboxylic acids is 3. The molecule has 0 saturated carbocycles. The van der Waals surface area contributed by atoms with E-state index in [0.29, 0.717) is 32.0 Å². The maximum atomic E-state index is 12.5. The number of aliphatic imine (C=N–C) groups is 1. The number of hydrogen-bond donors (Lipinski definition) is 3. The van der Waals surface area contributed by atoms with Gasteiger partial charge in [-0.2, -0.15) is 10.1 Å². The van der Waals surface area contributed by atoms with Crippen molar-refractivity contribution in [1.82, 2.24) is 25.6 Å². The standard InChI is InChI=1S/C27H28N8O3/c1-17(36)33-12-11-30-26(33)35(18(2)37)31-16-24-21-8-4-3-6-19(21)14-23-20(7-5-9-22(23)24)15-25-29-10-13-34(25)27(38)32-28/h3-9,14-16,29H,10-13,28H2,1-2H3,(H,32,38). The van der Waals surface area contributed by atoms with Crippen LogP contribution in [0.4, 0.5) is 4.79 Å². The van der Waals surface area contributed by atoms with Gasteiger partial charge in [0, 0.05) is 39.0 Å². The molecule has 0 atom stereocenters. The molecule has 194 valence electrons. The number of hydrazone groups is 1. The number of carbonyl (C=O) groups is 3. The van der Waals surface area contributed by atoms with E-state index in [2.05, 4.69) is 26.9 Å². The maximum Gasteiger partial charge on any atom is 0.337 e. The lowest BCUT2D eigenvalue weighted by Gasteiger charge is -2.22. The van der Waals surface area contributed by atoms with Gasteiger partial charge in [-0.05, 0) is 39.3 Å². The van der Waals surface area contributed by atoms with Gasteiger partial charge in [-0.25, -0.2) is 15.6 Å². The van der Waals surface area contributed by atoms with Crippen LogP contribution in [-0.2, 0) is 9.59 Å². The van der Waals surface area contributed by atoms with Gasteiger partial charge in [0.1, 0.15) is 5.82 Å². The molecule has 0 aromatic heterocycles. The van der Waals surface area contributed by atoms with Crippen molar-refractivity contribution >= 4 is 57.6 Å². The second-order valence-electron chi connectivity index (χ2n) is 8.94. The van der Waals surface area contributed by atoms with Crippen LogP contribution < -0.4 is 16.6 Å². The van der Waals surface area contributed by atoms with E-state index in [4.69, 9.17) is 5.84 Å². The molecule has 5 rings (SSSR count). The largest absolute Gasteiger partial charge is 0.370 e. The zero-order valence-corrected chi connectivity index (χ0v) is 21.1. The topological polar surface area (TPSA) is 136 Å². The Bertz CT molecular complexity index is 1540. The molecule has 11 nitrogen and oxygen atoms in total. The number of urea groups is 1. The van der Waals surface area contributed by atoms with Crippen molar-refractivity contribution in [2.24, 2.45) is 15.9 Å². The molecule has 38 heavy (non-hydrogen) atoms. The summed E-state index contributed by atoms with van der Waals surface area (Å²) in [7, 11) is 0. The van der Waals surface area contributed by atoms with Gasteiger partial charge in [0.2, 0.25) is 17.8 Å². The summed E-state index contributed by atoms with van der Waals surface area (Å²) in [6.45, 7) is 4.77. The Morgan fingerprint density at radius 3 is 2.61 bits per heavy atom. The van der Waals surface area contributed by atoms with Gasteiger partial charge < -0.3 is 5.32 Å². The number of amides is 4. The minimum absolute atomic E-state index is 0.200. The monoisotopic (exact) mass is 512 g/mol. The molecular formula is C27H28N8O3. The maximum absolute atomic E-state index is 12.5. The Hall–Kier alpha value is -4.77. The van der Waals surface area contributed by atoms with Crippen molar-refractivity contribution < 1.29 is 14.4 Å². The lowest BCUT2D eigenvalue weighted by molar-refractivity contribution is -0.127. The normalized spacial score (nSPS) is 16.4. The van der Waals surface area contributed by atoms with Gasteiger partial charge in [0.15, 0.2) is 0 Å². The van der Waals surface area contributed by atoms with E-state index in [9.17, 15) is 14.4 Å². The average Bonchev–Trinajstić information content (AvgIpc) is 3.58. The Kier molecular flexibility index (Phi) is 6.75. The fraction of sp³-hybridized carbons (Fsp3) is 0.222. The Morgan fingerprint density at radius 1 is 1.05 bits per heavy atom. The van der Waals surface area contributed by atoms with Crippen LogP contribution in [0.15, 0.2) is 64.4 Å². The summed E-state index contributed by atoms with van der Waals surface area (Å²) in [5.41, 5.74) is 3.90. The van der Waals surface area contributed by atoms with Gasteiger partial charge in [-0.15, -0.1) is 0 Å². The van der Waals surface area contributed by atoms with Crippen molar-refractivity contribution in [2.45, 2.75) is 13.8 Å². The molecule has 0 unspecified atom stereocenters. The summed E-state index contributed by atoms with van der Waals surface area (Å²) in [5.74, 6) is 5.68. The number of nitrogens with one attached hydrogen (secondary N) is 2. The number of rotatable bonds is 3. The van der Waals surface area contributed by atoms with Crippen LogP contribution in [0.3, 0.4) is 0 Å². The number of hydrogen-bond acceptors (Lipinski definition) is 7. The van der Waals surface area contributed by atoms with Crippen LogP contribution in [0, 0.1) is 0 Å². The van der Waals surface area contributed by atoms with E-state index in [-0.39, 0.29) is 17.8 Å². The first-order chi connectivity index (χ1) is 18.4. The highest BCUT2D eigenvalue weighted by atomic mass is 16.2. The van der Waals surface area contributed by atoms with E-state index in [1.54, 1.807) is 11.1 Å². The number of fused-ring (bicyclic) bond motifs is 2. The SMILES string of the molecule is CC(=O)N1CCN=C1N(N=Cc1c2ccccc2cc2c(C=C3NCCN3C(=O)NN)cccc12)C(C)=O. The van der Waals surface area contributed by atoms with Crippen molar-refractivity contribution in [3.8, 4) is 0 Å². The highest BCUT2D eigenvalue weighted by Crippen LogP contribution is 2.31. The molecule has 2 aliphatic rings. The fourth-order valence-electron chi connectivity index (χ4n) is 4.79. The molecule has 3 aromatic carbocycles.